The smallest absolute Gasteiger partial charge is 0.00179 e. The molecular weight excluding hydrogens is 170 g/mol. The highest BCUT2D eigenvalue weighted by molar-refractivity contribution is 4.79. The van der Waals surface area contributed by atoms with Gasteiger partial charge in [-0.2, -0.15) is 0 Å². The van der Waals surface area contributed by atoms with Crippen LogP contribution in [0.1, 0.15) is 53.4 Å². The summed E-state index contributed by atoms with van der Waals surface area (Å²) in [6, 6.07) is 0. The molecule has 1 rings (SSSR count). The van der Waals surface area contributed by atoms with E-state index in [1.165, 1.54) is 38.8 Å². The fraction of sp³-hybridized carbons (Fsp3) is 1.00. The summed E-state index contributed by atoms with van der Waals surface area (Å²) < 4.78 is 0. The first-order valence-electron chi connectivity index (χ1n) is 6.23. The number of hydrogen-bond acceptors (Lipinski definition) is 1. The van der Waals surface area contributed by atoms with Crippen LogP contribution in [0.2, 0.25) is 0 Å². The van der Waals surface area contributed by atoms with E-state index in [0.717, 1.165) is 11.8 Å². The van der Waals surface area contributed by atoms with E-state index in [0.29, 0.717) is 5.41 Å². The molecule has 1 fully saturated rings. The van der Waals surface area contributed by atoms with E-state index in [1.807, 2.05) is 0 Å². The number of nitrogens with one attached hydrogen (secondary N) is 1. The Labute approximate surface area is 89.7 Å². The molecule has 1 heterocycles. The molecule has 1 aliphatic heterocycles. The topological polar surface area (TPSA) is 12.0 Å². The van der Waals surface area contributed by atoms with Gasteiger partial charge in [-0.25, -0.2) is 0 Å². The lowest BCUT2D eigenvalue weighted by Crippen LogP contribution is -2.35. The first-order valence-corrected chi connectivity index (χ1v) is 6.23. The Morgan fingerprint density at radius 3 is 2.50 bits per heavy atom. The third-order valence-corrected chi connectivity index (χ3v) is 3.40. The van der Waals surface area contributed by atoms with Gasteiger partial charge in [-0.05, 0) is 49.6 Å². The maximum absolute atomic E-state index is 3.54. The van der Waals surface area contributed by atoms with E-state index in [1.54, 1.807) is 0 Å². The van der Waals surface area contributed by atoms with E-state index in [4.69, 9.17) is 0 Å². The molecule has 1 nitrogen and oxygen atoms in total. The first kappa shape index (κ1) is 12.0. The summed E-state index contributed by atoms with van der Waals surface area (Å²) in [5.41, 5.74) is 0.498. The van der Waals surface area contributed by atoms with Crippen molar-refractivity contribution < 1.29 is 0 Å². The van der Waals surface area contributed by atoms with Gasteiger partial charge in [-0.3, -0.25) is 0 Å². The number of hydrogen-bond donors (Lipinski definition) is 1. The minimum atomic E-state index is 0.498. The molecule has 14 heavy (non-hydrogen) atoms. The first-order chi connectivity index (χ1) is 6.53. The predicted octanol–water partition coefficient (Wildman–Crippen LogP) is 3.45. The third kappa shape index (κ3) is 4.00. The second kappa shape index (κ2) is 5.16. The summed E-state index contributed by atoms with van der Waals surface area (Å²) in [7, 11) is 0. The lowest BCUT2D eigenvalue weighted by Gasteiger charge is -2.34. The van der Waals surface area contributed by atoms with Gasteiger partial charge in [-0.1, -0.05) is 34.1 Å². The molecule has 84 valence electrons. The average Bonchev–Trinajstić information content (AvgIpc) is 2.14. The Morgan fingerprint density at radius 2 is 2.07 bits per heavy atom. The van der Waals surface area contributed by atoms with Crippen molar-refractivity contribution in [2.75, 3.05) is 13.1 Å². The Bertz CT molecular complexity index is 151. The van der Waals surface area contributed by atoms with E-state index in [2.05, 4.69) is 33.0 Å². The fourth-order valence-electron chi connectivity index (χ4n) is 2.71. The van der Waals surface area contributed by atoms with E-state index in [9.17, 15) is 0 Å². The molecule has 0 aromatic carbocycles. The standard InChI is InChI=1S/C13H27N/c1-5-11(9-13(2,3)4)12-7-6-8-14-10-12/h11-12,14H,5-10H2,1-4H3. The summed E-state index contributed by atoms with van der Waals surface area (Å²) in [6.45, 7) is 12.0. The summed E-state index contributed by atoms with van der Waals surface area (Å²) in [4.78, 5) is 0. The predicted molar refractivity (Wildman–Crippen MR) is 63.4 cm³/mol. The molecule has 0 aromatic heterocycles. The highest BCUT2D eigenvalue weighted by Gasteiger charge is 2.26. The molecule has 0 saturated carbocycles. The van der Waals surface area contributed by atoms with Crippen LogP contribution in [0.25, 0.3) is 0 Å². The van der Waals surface area contributed by atoms with Gasteiger partial charge in [-0.15, -0.1) is 0 Å². The molecule has 1 aliphatic rings. The van der Waals surface area contributed by atoms with Gasteiger partial charge in [0.25, 0.3) is 0 Å². The Morgan fingerprint density at radius 1 is 1.36 bits per heavy atom. The maximum Gasteiger partial charge on any atom is -0.00179 e. The minimum Gasteiger partial charge on any atom is -0.316 e. The lowest BCUT2D eigenvalue weighted by molar-refractivity contribution is 0.187. The zero-order chi connectivity index (χ0) is 10.6. The van der Waals surface area contributed by atoms with E-state index >= 15 is 0 Å². The van der Waals surface area contributed by atoms with Crippen molar-refractivity contribution in [2.24, 2.45) is 17.3 Å². The van der Waals surface area contributed by atoms with E-state index in [-0.39, 0.29) is 0 Å². The van der Waals surface area contributed by atoms with Crippen molar-refractivity contribution in [3.63, 3.8) is 0 Å². The molecule has 1 saturated heterocycles. The summed E-state index contributed by atoms with van der Waals surface area (Å²) in [6.07, 6.45) is 5.56. The normalized spacial score (nSPS) is 26.1. The van der Waals surface area contributed by atoms with Crippen LogP contribution in [-0.4, -0.2) is 13.1 Å². The van der Waals surface area contributed by atoms with Crippen LogP contribution < -0.4 is 5.32 Å². The zero-order valence-corrected chi connectivity index (χ0v) is 10.4. The molecule has 1 heteroatoms. The monoisotopic (exact) mass is 197 g/mol. The minimum absolute atomic E-state index is 0.498. The van der Waals surface area contributed by atoms with Gasteiger partial charge in [0, 0.05) is 0 Å². The van der Waals surface area contributed by atoms with Crippen molar-refractivity contribution in [1.82, 2.24) is 5.32 Å². The molecule has 2 atom stereocenters. The number of rotatable bonds is 3. The lowest BCUT2D eigenvalue weighted by atomic mass is 9.75. The van der Waals surface area contributed by atoms with Gasteiger partial charge in [0.1, 0.15) is 0 Å². The highest BCUT2D eigenvalue weighted by atomic mass is 14.9. The van der Waals surface area contributed by atoms with Crippen LogP contribution >= 0.6 is 0 Å². The van der Waals surface area contributed by atoms with Crippen molar-refractivity contribution >= 4 is 0 Å². The molecule has 0 radical (unpaired) electrons. The van der Waals surface area contributed by atoms with Gasteiger partial charge in [0.15, 0.2) is 0 Å². The molecule has 1 N–H and O–H groups in total. The highest BCUT2D eigenvalue weighted by Crippen LogP contribution is 2.33. The van der Waals surface area contributed by atoms with E-state index < -0.39 is 0 Å². The maximum atomic E-state index is 3.54. The molecular formula is C13H27N. The van der Waals surface area contributed by atoms with Crippen LogP contribution in [0.4, 0.5) is 0 Å². The van der Waals surface area contributed by atoms with Crippen molar-refractivity contribution in [1.29, 1.82) is 0 Å². The van der Waals surface area contributed by atoms with Crippen LogP contribution in [-0.2, 0) is 0 Å². The Balaban J connectivity index is 2.43. The average molecular weight is 197 g/mol. The zero-order valence-electron chi connectivity index (χ0n) is 10.4. The van der Waals surface area contributed by atoms with Crippen molar-refractivity contribution in [2.45, 2.75) is 53.4 Å². The van der Waals surface area contributed by atoms with Gasteiger partial charge in [0.05, 0.1) is 0 Å². The largest absolute Gasteiger partial charge is 0.316 e. The fourth-order valence-corrected chi connectivity index (χ4v) is 2.71. The number of piperidine rings is 1. The SMILES string of the molecule is CCC(CC(C)(C)C)C1CCCNC1. The van der Waals surface area contributed by atoms with Crippen LogP contribution in [0, 0.1) is 17.3 Å². The molecule has 0 spiro atoms. The van der Waals surface area contributed by atoms with Gasteiger partial charge >= 0.3 is 0 Å². The summed E-state index contributed by atoms with van der Waals surface area (Å²) in [5, 5.41) is 3.54. The van der Waals surface area contributed by atoms with Gasteiger partial charge < -0.3 is 5.32 Å². The Kier molecular flexibility index (Phi) is 4.43. The second-order valence-corrected chi connectivity index (χ2v) is 6.04. The van der Waals surface area contributed by atoms with Crippen molar-refractivity contribution in [3.8, 4) is 0 Å². The van der Waals surface area contributed by atoms with Crippen LogP contribution in [0.3, 0.4) is 0 Å². The third-order valence-electron chi connectivity index (χ3n) is 3.40. The summed E-state index contributed by atoms with van der Waals surface area (Å²) >= 11 is 0. The molecule has 0 aliphatic carbocycles. The van der Waals surface area contributed by atoms with Gasteiger partial charge in [0.2, 0.25) is 0 Å². The summed E-state index contributed by atoms with van der Waals surface area (Å²) in [5.74, 6) is 1.87. The quantitative estimate of drug-likeness (QED) is 0.730. The molecule has 0 bridgehead atoms. The second-order valence-electron chi connectivity index (χ2n) is 6.04. The molecule has 0 aromatic rings. The van der Waals surface area contributed by atoms with Crippen molar-refractivity contribution in [3.05, 3.63) is 0 Å². The molecule has 0 amide bonds. The van der Waals surface area contributed by atoms with Crippen LogP contribution in [0.15, 0.2) is 0 Å². The Hall–Kier alpha value is -0.0400. The molecule has 2 unspecified atom stereocenters. The van der Waals surface area contributed by atoms with Crippen LogP contribution in [0.5, 0.6) is 0 Å².